The molecule has 0 amide bonds. The molecular formula is C12H14N4O5. The van der Waals surface area contributed by atoms with Gasteiger partial charge < -0.3 is 19.7 Å². The van der Waals surface area contributed by atoms with Gasteiger partial charge in [0.25, 0.3) is 5.89 Å². The van der Waals surface area contributed by atoms with Crippen LogP contribution in [0.5, 0.6) is 5.75 Å². The predicted molar refractivity (Wildman–Crippen MR) is 71.7 cm³/mol. The molecule has 9 nitrogen and oxygen atoms in total. The van der Waals surface area contributed by atoms with E-state index in [2.05, 4.69) is 10.1 Å². The minimum atomic E-state index is -0.545. The van der Waals surface area contributed by atoms with Gasteiger partial charge in [-0.3, -0.25) is 10.1 Å². The van der Waals surface area contributed by atoms with Crippen LogP contribution in [0, 0.1) is 10.1 Å². The Labute approximate surface area is 119 Å². The lowest BCUT2D eigenvalue weighted by atomic mass is 10.1. The fraction of sp³-hybridized carbons (Fsp3) is 0.333. The molecule has 2 N–H and O–H groups in total. The third-order valence-corrected chi connectivity index (χ3v) is 2.75. The van der Waals surface area contributed by atoms with Gasteiger partial charge in [-0.15, -0.1) is 0 Å². The zero-order chi connectivity index (χ0) is 15.4. The molecule has 2 rings (SSSR count). The first-order chi connectivity index (χ1) is 10.1. The smallest absolute Gasteiger partial charge is 0.311 e. The lowest BCUT2D eigenvalue weighted by Crippen LogP contribution is -2.17. The number of hydrogen-bond donors (Lipinski definition) is 1. The van der Waals surface area contributed by atoms with Crippen molar-refractivity contribution in [3.8, 4) is 17.2 Å². The van der Waals surface area contributed by atoms with Gasteiger partial charge >= 0.3 is 5.69 Å². The van der Waals surface area contributed by atoms with Gasteiger partial charge in [0.05, 0.1) is 30.2 Å². The second-order valence-corrected chi connectivity index (χ2v) is 4.13. The number of hydrogen-bond acceptors (Lipinski definition) is 8. The normalized spacial score (nSPS) is 12.1. The summed E-state index contributed by atoms with van der Waals surface area (Å²) < 4.78 is 15.1. The van der Waals surface area contributed by atoms with E-state index in [4.69, 9.17) is 19.7 Å². The number of methoxy groups -OCH3 is 2. The van der Waals surface area contributed by atoms with Crippen molar-refractivity contribution >= 4 is 5.69 Å². The van der Waals surface area contributed by atoms with Crippen LogP contribution in [-0.2, 0) is 4.74 Å². The summed E-state index contributed by atoms with van der Waals surface area (Å²) in [4.78, 5) is 14.6. The van der Waals surface area contributed by atoms with Crippen LogP contribution in [0.25, 0.3) is 11.5 Å². The fourth-order valence-electron chi connectivity index (χ4n) is 1.80. The van der Waals surface area contributed by atoms with Gasteiger partial charge in [0, 0.05) is 13.2 Å². The molecule has 0 aliphatic carbocycles. The minimum absolute atomic E-state index is 0.0537. The minimum Gasteiger partial charge on any atom is -0.490 e. The lowest BCUT2D eigenvalue weighted by Gasteiger charge is -2.05. The number of rotatable bonds is 6. The molecular weight excluding hydrogens is 280 g/mol. The number of nitrogens with two attached hydrogens (primary N) is 1. The number of para-hydroxylation sites is 1. The lowest BCUT2D eigenvalue weighted by molar-refractivity contribution is -0.385. The van der Waals surface area contributed by atoms with Gasteiger partial charge in [-0.05, 0) is 6.07 Å². The SMILES string of the molecule is COCC(N)c1noc(-c2cccc([N+](=O)[O-])c2OC)n1. The van der Waals surface area contributed by atoms with Crippen molar-refractivity contribution in [2.45, 2.75) is 6.04 Å². The third-order valence-electron chi connectivity index (χ3n) is 2.75. The van der Waals surface area contributed by atoms with Crippen LogP contribution in [0.1, 0.15) is 11.9 Å². The molecule has 0 saturated heterocycles. The average molecular weight is 294 g/mol. The maximum atomic E-state index is 11.0. The topological polar surface area (TPSA) is 127 Å². The Morgan fingerprint density at radius 2 is 2.24 bits per heavy atom. The number of nitro groups is 1. The monoisotopic (exact) mass is 294 g/mol. The summed E-state index contributed by atoms with van der Waals surface area (Å²) in [6, 6.07) is 3.88. The van der Waals surface area contributed by atoms with Crippen molar-refractivity contribution in [3.05, 3.63) is 34.1 Å². The van der Waals surface area contributed by atoms with E-state index in [1.54, 1.807) is 6.07 Å². The maximum Gasteiger partial charge on any atom is 0.311 e. The van der Waals surface area contributed by atoms with Crippen molar-refractivity contribution < 1.29 is 18.9 Å². The zero-order valence-electron chi connectivity index (χ0n) is 11.5. The molecule has 21 heavy (non-hydrogen) atoms. The summed E-state index contributed by atoms with van der Waals surface area (Å²) in [5.74, 6) is 0.399. The van der Waals surface area contributed by atoms with Crippen molar-refractivity contribution in [1.82, 2.24) is 10.1 Å². The van der Waals surface area contributed by atoms with Crippen LogP contribution in [-0.4, -0.2) is 35.9 Å². The van der Waals surface area contributed by atoms with E-state index in [0.29, 0.717) is 5.56 Å². The number of benzene rings is 1. The summed E-state index contributed by atoms with van der Waals surface area (Å²) in [6.45, 7) is 0.227. The number of nitrogens with zero attached hydrogens (tertiary/aromatic N) is 3. The Morgan fingerprint density at radius 1 is 1.48 bits per heavy atom. The summed E-state index contributed by atoms with van der Waals surface area (Å²) >= 11 is 0. The second kappa shape index (κ2) is 6.29. The first kappa shape index (κ1) is 14.9. The molecule has 1 aromatic carbocycles. The summed E-state index contributed by atoms with van der Waals surface area (Å²) in [6.07, 6.45) is 0. The van der Waals surface area contributed by atoms with Crippen LogP contribution in [0.2, 0.25) is 0 Å². The Hall–Kier alpha value is -2.52. The van der Waals surface area contributed by atoms with E-state index in [1.165, 1.54) is 26.4 Å². The first-order valence-corrected chi connectivity index (χ1v) is 5.98. The Kier molecular flexibility index (Phi) is 4.45. The molecule has 0 saturated carbocycles. The molecule has 0 aliphatic rings. The Balaban J connectivity index is 2.43. The van der Waals surface area contributed by atoms with Gasteiger partial charge in [0.2, 0.25) is 5.75 Å². The predicted octanol–water partition coefficient (Wildman–Crippen LogP) is 1.30. The molecule has 1 unspecified atom stereocenters. The van der Waals surface area contributed by atoms with Crippen LogP contribution >= 0.6 is 0 Å². The van der Waals surface area contributed by atoms with E-state index < -0.39 is 11.0 Å². The van der Waals surface area contributed by atoms with Crippen molar-refractivity contribution in [1.29, 1.82) is 0 Å². The van der Waals surface area contributed by atoms with E-state index in [1.807, 2.05) is 0 Å². The van der Waals surface area contributed by atoms with Gasteiger partial charge in [-0.25, -0.2) is 0 Å². The molecule has 1 aromatic heterocycles. The van der Waals surface area contributed by atoms with Gasteiger partial charge in [0.15, 0.2) is 5.82 Å². The van der Waals surface area contributed by atoms with Gasteiger partial charge in [-0.2, -0.15) is 4.98 Å². The highest BCUT2D eigenvalue weighted by molar-refractivity contribution is 5.69. The fourth-order valence-corrected chi connectivity index (χ4v) is 1.80. The molecule has 0 aliphatic heterocycles. The van der Waals surface area contributed by atoms with Crippen LogP contribution < -0.4 is 10.5 Å². The Bertz CT molecular complexity index is 642. The van der Waals surface area contributed by atoms with E-state index >= 15 is 0 Å². The van der Waals surface area contributed by atoms with Crippen LogP contribution in [0.3, 0.4) is 0 Å². The van der Waals surface area contributed by atoms with Crippen LogP contribution in [0.15, 0.2) is 22.7 Å². The average Bonchev–Trinajstić information content (AvgIpc) is 2.96. The Morgan fingerprint density at radius 3 is 2.86 bits per heavy atom. The van der Waals surface area contributed by atoms with Crippen LogP contribution in [0.4, 0.5) is 5.69 Å². The van der Waals surface area contributed by atoms with E-state index in [0.717, 1.165) is 0 Å². The summed E-state index contributed by atoms with van der Waals surface area (Å²) in [7, 11) is 2.84. The molecule has 0 bridgehead atoms. The summed E-state index contributed by atoms with van der Waals surface area (Å²) in [5, 5.41) is 14.7. The molecule has 1 atom stereocenters. The van der Waals surface area contributed by atoms with E-state index in [9.17, 15) is 10.1 Å². The number of nitro benzene ring substituents is 1. The quantitative estimate of drug-likeness (QED) is 0.623. The first-order valence-electron chi connectivity index (χ1n) is 5.98. The van der Waals surface area contributed by atoms with Crippen molar-refractivity contribution in [2.75, 3.05) is 20.8 Å². The van der Waals surface area contributed by atoms with Gasteiger partial charge in [-0.1, -0.05) is 11.2 Å². The van der Waals surface area contributed by atoms with E-state index in [-0.39, 0.29) is 29.8 Å². The highest BCUT2D eigenvalue weighted by atomic mass is 16.6. The molecule has 0 fully saturated rings. The number of ether oxygens (including phenoxy) is 2. The standard InChI is InChI=1S/C12H14N4O5/c1-19-6-8(13)11-14-12(21-15-11)7-4-3-5-9(16(17)18)10(7)20-2/h3-5,8H,6,13H2,1-2H3. The molecule has 0 radical (unpaired) electrons. The third kappa shape index (κ3) is 2.98. The van der Waals surface area contributed by atoms with Gasteiger partial charge in [0.1, 0.15) is 0 Å². The molecule has 1 heterocycles. The zero-order valence-corrected chi connectivity index (χ0v) is 11.5. The summed E-state index contributed by atoms with van der Waals surface area (Å²) in [5.41, 5.74) is 5.94. The molecule has 112 valence electrons. The largest absolute Gasteiger partial charge is 0.490 e. The maximum absolute atomic E-state index is 11.0. The second-order valence-electron chi connectivity index (χ2n) is 4.13. The number of aromatic nitrogens is 2. The molecule has 0 spiro atoms. The molecule has 2 aromatic rings. The highest BCUT2D eigenvalue weighted by Crippen LogP contribution is 2.36. The van der Waals surface area contributed by atoms with Crippen molar-refractivity contribution in [3.63, 3.8) is 0 Å². The van der Waals surface area contributed by atoms with Crippen molar-refractivity contribution in [2.24, 2.45) is 5.73 Å². The molecule has 9 heteroatoms. The highest BCUT2D eigenvalue weighted by Gasteiger charge is 2.23.